The predicted molar refractivity (Wildman–Crippen MR) is 515 cm³/mol. The van der Waals surface area contributed by atoms with Crippen molar-refractivity contribution in [2.75, 3.05) is 59.2 Å². The Morgan fingerprint density at radius 3 is 1.75 bits per heavy atom. The number of carbonyl (C=O) groups is 18. The third kappa shape index (κ3) is 44.7. The number of aliphatic carboxylic acids is 3. The second-order valence-corrected chi connectivity index (χ2v) is 35.5. The minimum absolute atomic E-state index is 0.0298. The Morgan fingerprint density at radius 1 is 0.559 bits per heavy atom. The van der Waals surface area contributed by atoms with Crippen molar-refractivity contribution >= 4 is 123 Å². The van der Waals surface area contributed by atoms with E-state index in [1.54, 1.807) is 67.7 Å². The molecule has 2 fully saturated rings. The van der Waals surface area contributed by atoms with Crippen LogP contribution in [0.5, 0.6) is 0 Å². The number of amides is 15. The number of aliphatic hydroxyl groups is 1. The molecule has 2 saturated heterocycles. The maximum absolute atomic E-state index is 15.4. The number of imidazole rings is 1. The van der Waals surface area contributed by atoms with Gasteiger partial charge in [-0.25, -0.2) is 10.1 Å². The first kappa shape index (κ1) is 116. The Balaban J connectivity index is 0.994. The van der Waals surface area contributed by atoms with Crippen LogP contribution in [0.1, 0.15) is 229 Å². The van der Waals surface area contributed by atoms with Gasteiger partial charge in [-0.05, 0) is 105 Å². The summed E-state index contributed by atoms with van der Waals surface area (Å²) in [6.45, 7) is 0.226. The largest absolute Gasteiger partial charge is 0.481 e. The van der Waals surface area contributed by atoms with E-state index in [-0.39, 0.29) is 109 Å². The third-order valence-electron chi connectivity index (χ3n) is 24.1. The molecule has 49 nitrogen and oxygen atoms in total. The molecule has 5 heterocycles. The Morgan fingerprint density at radius 2 is 1.13 bits per heavy atom. The average Bonchev–Trinajstić information content (AvgIpc) is 1.67. The summed E-state index contributed by atoms with van der Waals surface area (Å²) in [6.07, 6.45) is 12.3. The number of hydrogen-bond acceptors (Lipinski definition) is 26. The lowest BCUT2D eigenvalue weighted by atomic mass is 10.0. The number of primary amides is 1. The summed E-state index contributed by atoms with van der Waals surface area (Å²) in [6, 6.07) is -2.82. The number of rotatable bonds is 60. The second kappa shape index (κ2) is 64.3. The molecule has 0 radical (unpaired) electrons. The Hall–Kier alpha value is -14.1. The van der Waals surface area contributed by atoms with Gasteiger partial charge in [-0.1, -0.05) is 139 Å². The first-order valence-electron chi connectivity index (χ1n) is 49.0. The number of carboxylic acid groups (broad SMARTS) is 3. The molecule has 5 aromatic rings. The van der Waals surface area contributed by atoms with Crippen molar-refractivity contribution in [2.24, 2.45) is 11.5 Å². The zero-order valence-electron chi connectivity index (χ0n) is 80.8. The van der Waals surface area contributed by atoms with E-state index in [1.807, 2.05) is 0 Å². The van der Waals surface area contributed by atoms with E-state index in [4.69, 9.17) is 26.4 Å². The highest BCUT2D eigenvalue weighted by Crippen LogP contribution is 2.25. The standard InChI is InChI=1S/C94H141N25O24/c1-2-3-28-65(84(132)111-70-34-38-77(122)99-42-23-22-30-64(83(95)131)106-90(138)72(49-59-52-102-63-29-21-20-27-62(59)63)112-85(133)66(31-24-43-101-94(96)97)108-89(137)71(48-58-25-16-15-17-26-58)114-92(140)74-51-61(120)55-119(74)93(70)141)107-87(135)68(36-40-81(127)128)110-91(139)73(50-60-53-98-57-104-60)113-88(136)69(37-41-82(129)130)109-86(134)67(35-39-80(125)126)105-78(123)54-103-79(124)56-143-47-46-142-45-44-100-76(121)33-19-14-12-10-8-6-4-5-7-9-11-13-18-32-75-115-117-118-116-75/h15-17,20-21,25-27,29,52-53,57,61,64-74,102,120H,2-14,18-19,22-24,28,30-51,54-56H2,1H3,(H2,95,131)(H,98,104)(H,99,122)(H,100,121)(H,103,124)(H,105,123)(H,106,138)(H,107,135)(H,108,137)(H,109,134)(H,110,139)(H,111,132)(H,112,133)(H,113,136)(H,114,140)(H,125,126)(H,127,128)(H,129,130)(H4,96,97,101)(H,115,116,117,118)/t61-,64+,65+,66+,67+,68+,69+,70+,71-,72+,73+,74+/m1/s1. The highest BCUT2D eigenvalue weighted by atomic mass is 16.5. The van der Waals surface area contributed by atoms with Gasteiger partial charge in [0.25, 0.3) is 0 Å². The van der Waals surface area contributed by atoms with E-state index in [9.17, 15) is 87.5 Å². The summed E-state index contributed by atoms with van der Waals surface area (Å²) in [5, 5.41) is 99.2. The zero-order valence-corrected chi connectivity index (χ0v) is 80.8. The van der Waals surface area contributed by atoms with Crippen LogP contribution < -0.4 is 85.9 Å². The number of para-hydroxylation sites is 1. The molecule has 26 N–H and O–H groups in total. The van der Waals surface area contributed by atoms with Crippen LogP contribution in [0.15, 0.2) is 73.3 Å². The molecule has 0 bridgehead atoms. The number of nitrogens with zero attached hydrogens (tertiary/aromatic N) is 5. The van der Waals surface area contributed by atoms with Crippen molar-refractivity contribution in [3.8, 4) is 0 Å². The molecule has 0 spiro atoms. The normalized spacial score (nSPS) is 18.4. The fourth-order valence-corrected chi connectivity index (χ4v) is 16.3. The number of hydrogen-bond donors (Lipinski definition) is 24. The van der Waals surface area contributed by atoms with Crippen LogP contribution in [0, 0.1) is 5.41 Å². The fraction of sp³-hybridized carbons (Fsp3) is 0.606. The Labute approximate surface area is 827 Å². The van der Waals surface area contributed by atoms with E-state index in [0.29, 0.717) is 34.9 Å². The van der Waals surface area contributed by atoms with Gasteiger partial charge in [-0.15, -0.1) is 5.10 Å². The SMILES string of the molecule is CCCC[C@H](NC(=O)[C@H](CCC(=O)O)NC(=O)[C@H](Cc1c[nH]cn1)NC(=O)[C@H](CCC(=O)O)NC(=O)[C@H](CCC(=O)O)NC(=O)CNC(=O)COCCOCCNC(=O)CCCCCCCCCCCCCCCc1nnn[nH]1)C(=O)N[C@H]1CCC(=O)NCCCC[C@@H](C(N)=O)NC(=O)[C@H](Cc2c[nH]c3ccccc23)NC(=O)[C@H](CCCNC(=N)N)NC(=O)[C@@H](Cc2ccccc2)NC(=O)[C@@H]2C[C@@H](O)CN2C1=O. The number of guanidine groups is 1. The van der Waals surface area contributed by atoms with Crippen LogP contribution >= 0.6 is 0 Å². The summed E-state index contributed by atoms with van der Waals surface area (Å²) in [5.41, 5.74) is 13.3. The maximum Gasteiger partial charge on any atom is 0.303 e. The molecule has 2 aromatic carbocycles. The summed E-state index contributed by atoms with van der Waals surface area (Å²) >= 11 is 0. The number of aryl methyl sites for hydroxylation is 1. The molecule has 0 aliphatic carbocycles. The lowest BCUT2D eigenvalue weighted by Crippen LogP contribution is -2.61. The number of aliphatic hydroxyl groups excluding tert-OH is 1. The number of H-pyrrole nitrogens is 3. The first-order valence-corrected chi connectivity index (χ1v) is 49.0. The molecular formula is C94H141N25O24. The van der Waals surface area contributed by atoms with Crippen LogP contribution in [0.4, 0.5) is 0 Å². The minimum atomic E-state index is -1.90. The van der Waals surface area contributed by atoms with Gasteiger partial charge in [0, 0.05) is 114 Å². The van der Waals surface area contributed by atoms with Crippen LogP contribution in [-0.4, -0.2) is 305 Å². The third-order valence-corrected chi connectivity index (χ3v) is 24.1. The zero-order chi connectivity index (χ0) is 104. The van der Waals surface area contributed by atoms with E-state index in [1.165, 1.54) is 63.9 Å². The number of nitrogens with two attached hydrogens (primary N) is 2. The predicted octanol–water partition coefficient (Wildman–Crippen LogP) is -1.18. The number of tetrazole rings is 1. The summed E-state index contributed by atoms with van der Waals surface area (Å²) < 4.78 is 10.9. The van der Waals surface area contributed by atoms with Gasteiger partial charge >= 0.3 is 17.9 Å². The Kier molecular flexibility index (Phi) is 52.1. The van der Waals surface area contributed by atoms with Crippen molar-refractivity contribution in [1.82, 2.24) is 115 Å². The molecule has 15 amide bonds. The van der Waals surface area contributed by atoms with E-state index in [2.05, 4.69) is 110 Å². The number of nitrogens with one attached hydrogen (secondary N) is 18. The van der Waals surface area contributed by atoms with Gasteiger partial charge in [0.05, 0.1) is 44.5 Å². The lowest BCUT2D eigenvalue weighted by Gasteiger charge is -2.31. The quantitative estimate of drug-likeness (QED) is 0.0124. The van der Waals surface area contributed by atoms with Crippen molar-refractivity contribution < 1.29 is 116 Å². The van der Waals surface area contributed by atoms with Crippen LogP contribution in [0.2, 0.25) is 0 Å². The molecule has 143 heavy (non-hydrogen) atoms. The summed E-state index contributed by atoms with van der Waals surface area (Å²) in [4.78, 5) is 261. The van der Waals surface area contributed by atoms with Gasteiger partial charge in [-0.2, -0.15) is 0 Å². The van der Waals surface area contributed by atoms with Crippen LogP contribution in [-0.2, 0) is 121 Å². The number of benzene rings is 2. The number of fused-ring (bicyclic) bond motifs is 2. The first-order chi connectivity index (χ1) is 68.7. The highest BCUT2D eigenvalue weighted by molar-refractivity contribution is 6.01. The van der Waals surface area contributed by atoms with Gasteiger partial charge in [0.1, 0.15) is 78.9 Å². The topological polar surface area (TPSA) is 753 Å². The molecule has 0 unspecified atom stereocenters. The highest BCUT2D eigenvalue weighted by Gasteiger charge is 2.45. The van der Waals surface area contributed by atoms with Crippen molar-refractivity contribution in [3.63, 3.8) is 0 Å². The molecule has 12 atom stereocenters. The van der Waals surface area contributed by atoms with E-state index in [0.717, 1.165) is 49.2 Å². The maximum atomic E-state index is 15.4. The molecular weight excluding hydrogens is 1860 g/mol. The van der Waals surface area contributed by atoms with Gasteiger partial charge in [0.2, 0.25) is 88.6 Å². The van der Waals surface area contributed by atoms with Crippen molar-refractivity contribution in [3.05, 3.63) is 96.0 Å². The fourth-order valence-electron chi connectivity index (χ4n) is 16.3. The lowest BCUT2D eigenvalue weighted by molar-refractivity contribution is -0.143. The molecule has 786 valence electrons. The van der Waals surface area contributed by atoms with E-state index >= 15 is 19.2 Å². The molecule has 2 aliphatic rings. The van der Waals surface area contributed by atoms with Gasteiger partial charge in [-0.3, -0.25) is 91.7 Å². The summed E-state index contributed by atoms with van der Waals surface area (Å²) in [5.74, 6) is -18.2. The monoisotopic (exact) mass is 2000 g/mol. The number of aromatic nitrogens is 7. The molecule has 7 rings (SSSR count). The van der Waals surface area contributed by atoms with Crippen molar-refractivity contribution in [1.29, 1.82) is 5.41 Å². The van der Waals surface area contributed by atoms with Gasteiger partial charge in [0.15, 0.2) is 5.96 Å². The number of carbonyl (C=O) groups excluding carboxylic acids is 15. The number of carboxylic acids is 3. The number of unbranched alkanes of at least 4 members (excludes halogenated alkanes) is 13. The molecule has 2 aliphatic heterocycles. The van der Waals surface area contributed by atoms with Crippen LogP contribution in [0.3, 0.4) is 0 Å². The minimum Gasteiger partial charge on any atom is -0.481 e. The molecule has 0 saturated carbocycles. The number of ether oxygens (including phenoxy) is 2. The summed E-state index contributed by atoms with van der Waals surface area (Å²) in [7, 11) is 0. The average molecular weight is 2010 g/mol. The van der Waals surface area contributed by atoms with Gasteiger partial charge < -0.3 is 131 Å². The molecule has 3 aromatic heterocycles. The smallest absolute Gasteiger partial charge is 0.303 e. The van der Waals surface area contributed by atoms with Crippen molar-refractivity contribution in [2.45, 2.75) is 304 Å². The second-order valence-electron chi connectivity index (χ2n) is 35.5. The number of aromatic amines is 3. The molecule has 49 heteroatoms. The van der Waals surface area contributed by atoms with Crippen LogP contribution in [0.25, 0.3) is 10.9 Å². The van der Waals surface area contributed by atoms with E-state index < -0.39 is 263 Å². The Bertz CT molecular complexity index is 4930.